The maximum absolute atomic E-state index is 11.9. The first-order valence-electron chi connectivity index (χ1n) is 6.33. The van der Waals surface area contributed by atoms with Crippen molar-refractivity contribution in [2.75, 3.05) is 6.54 Å². The van der Waals surface area contributed by atoms with E-state index in [1.54, 1.807) is 0 Å². The summed E-state index contributed by atoms with van der Waals surface area (Å²) in [6, 6.07) is 0.0142. The number of H-pyrrole nitrogens is 1. The highest BCUT2D eigenvalue weighted by Gasteiger charge is 2.24. The van der Waals surface area contributed by atoms with E-state index in [1.807, 2.05) is 13.8 Å². The van der Waals surface area contributed by atoms with E-state index < -0.39 is 26.6 Å². The number of carboxylic acids is 1. The standard InChI is InChI=1S/C11H18N4O5S/c1-3-7(2)14-9(16)4-5-13-21(19,20)10-8(11(17)18)6-12-15-10/h6-7,13H,3-5H2,1-2H3,(H,12,15)(H,14,16)(H,17,18). The Hall–Kier alpha value is -1.94. The minimum atomic E-state index is -4.05. The second-order valence-electron chi connectivity index (χ2n) is 4.44. The van der Waals surface area contributed by atoms with Crippen LogP contribution in [0.4, 0.5) is 0 Å². The van der Waals surface area contributed by atoms with Crippen LogP contribution in [-0.2, 0) is 14.8 Å². The fourth-order valence-corrected chi connectivity index (χ4v) is 2.57. The summed E-state index contributed by atoms with van der Waals surface area (Å²) in [5.74, 6) is -1.69. The second kappa shape index (κ2) is 7.18. The molecule has 1 atom stereocenters. The number of nitrogens with zero attached hydrogens (tertiary/aromatic N) is 1. The molecule has 1 unspecified atom stereocenters. The number of rotatable bonds is 8. The lowest BCUT2D eigenvalue weighted by Crippen LogP contribution is -2.35. The van der Waals surface area contributed by atoms with Crippen LogP contribution in [0.5, 0.6) is 0 Å². The molecule has 4 N–H and O–H groups in total. The van der Waals surface area contributed by atoms with Crippen LogP contribution in [0, 0.1) is 0 Å². The number of aromatic nitrogens is 2. The molecule has 1 rings (SSSR count). The Labute approximate surface area is 122 Å². The van der Waals surface area contributed by atoms with Crippen LogP contribution in [0.3, 0.4) is 0 Å². The molecule has 0 fully saturated rings. The van der Waals surface area contributed by atoms with Crippen LogP contribution < -0.4 is 10.0 Å². The summed E-state index contributed by atoms with van der Waals surface area (Å²) in [7, 11) is -4.05. The van der Waals surface area contributed by atoms with Gasteiger partial charge in [-0.3, -0.25) is 9.89 Å². The number of carbonyl (C=O) groups is 2. The summed E-state index contributed by atoms with van der Waals surface area (Å²) >= 11 is 0. The number of carbonyl (C=O) groups excluding carboxylic acids is 1. The van der Waals surface area contributed by atoms with Crippen LogP contribution in [0.1, 0.15) is 37.0 Å². The van der Waals surface area contributed by atoms with E-state index in [0.29, 0.717) is 0 Å². The highest BCUT2D eigenvalue weighted by molar-refractivity contribution is 7.89. The third kappa shape index (κ3) is 4.83. The molecule has 10 heteroatoms. The lowest BCUT2D eigenvalue weighted by Gasteiger charge is -2.11. The zero-order valence-electron chi connectivity index (χ0n) is 11.7. The van der Waals surface area contributed by atoms with Crippen molar-refractivity contribution in [3.05, 3.63) is 11.8 Å². The Morgan fingerprint density at radius 1 is 1.48 bits per heavy atom. The molecule has 0 aromatic carbocycles. The molecule has 9 nitrogen and oxygen atoms in total. The molecular formula is C11H18N4O5S. The van der Waals surface area contributed by atoms with Crippen LogP contribution in [-0.4, -0.2) is 48.2 Å². The largest absolute Gasteiger partial charge is 0.478 e. The van der Waals surface area contributed by atoms with E-state index >= 15 is 0 Å². The summed E-state index contributed by atoms with van der Waals surface area (Å²) in [6.45, 7) is 3.62. The Bertz CT molecular complexity index is 610. The Kier molecular flexibility index (Phi) is 5.85. The van der Waals surface area contributed by atoms with Crippen molar-refractivity contribution in [2.45, 2.75) is 37.8 Å². The van der Waals surface area contributed by atoms with Gasteiger partial charge in [-0.1, -0.05) is 6.92 Å². The summed E-state index contributed by atoms with van der Waals surface area (Å²) in [5, 5.41) is 16.5. The molecule has 118 valence electrons. The van der Waals surface area contributed by atoms with Gasteiger partial charge in [0.1, 0.15) is 5.56 Å². The van der Waals surface area contributed by atoms with Crippen molar-refractivity contribution >= 4 is 21.9 Å². The van der Waals surface area contributed by atoms with Gasteiger partial charge in [0.2, 0.25) is 5.91 Å². The number of carboxylic acid groups (broad SMARTS) is 1. The molecule has 1 aromatic rings. The highest BCUT2D eigenvalue weighted by Crippen LogP contribution is 2.11. The monoisotopic (exact) mass is 318 g/mol. The number of aromatic amines is 1. The third-order valence-electron chi connectivity index (χ3n) is 2.77. The summed E-state index contributed by atoms with van der Waals surface area (Å²) in [6.07, 6.45) is 1.64. The number of hydrogen-bond acceptors (Lipinski definition) is 5. The first kappa shape index (κ1) is 17.1. The molecule has 0 aliphatic heterocycles. The van der Waals surface area contributed by atoms with Crippen LogP contribution in [0.15, 0.2) is 11.2 Å². The van der Waals surface area contributed by atoms with E-state index in [1.165, 1.54) is 0 Å². The van der Waals surface area contributed by atoms with Gasteiger partial charge in [0.25, 0.3) is 10.0 Å². The molecule has 0 spiro atoms. The Balaban J connectivity index is 2.60. The number of amides is 1. The molecule has 1 heterocycles. The van der Waals surface area contributed by atoms with Gasteiger partial charge >= 0.3 is 5.97 Å². The second-order valence-corrected chi connectivity index (χ2v) is 6.15. The quantitative estimate of drug-likeness (QED) is 0.518. The van der Waals surface area contributed by atoms with Gasteiger partial charge in [-0.05, 0) is 13.3 Å². The van der Waals surface area contributed by atoms with Gasteiger partial charge in [-0.25, -0.2) is 17.9 Å². The van der Waals surface area contributed by atoms with Crippen molar-refractivity contribution in [1.29, 1.82) is 0 Å². The zero-order chi connectivity index (χ0) is 16.0. The van der Waals surface area contributed by atoms with E-state index in [-0.39, 0.29) is 24.9 Å². The molecule has 21 heavy (non-hydrogen) atoms. The van der Waals surface area contributed by atoms with E-state index in [2.05, 4.69) is 20.2 Å². The molecule has 1 amide bonds. The smallest absolute Gasteiger partial charge is 0.340 e. The molecule has 0 radical (unpaired) electrons. The minimum absolute atomic E-state index is 0.0142. The fourth-order valence-electron chi connectivity index (χ4n) is 1.45. The zero-order valence-corrected chi connectivity index (χ0v) is 12.5. The number of sulfonamides is 1. The lowest BCUT2D eigenvalue weighted by atomic mass is 10.2. The minimum Gasteiger partial charge on any atom is -0.478 e. The molecule has 0 saturated carbocycles. The maximum Gasteiger partial charge on any atom is 0.340 e. The summed E-state index contributed by atoms with van der Waals surface area (Å²) < 4.78 is 26.0. The maximum atomic E-state index is 11.9. The molecule has 0 aliphatic carbocycles. The molecule has 0 bridgehead atoms. The average molecular weight is 318 g/mol. The number of aromatic carboxylic acids is 1. The van der Waals surface area contributed by atoms with Crippen molar-refractivity contribution < 1.29 is 23.1 Å². The van der Waals surface area contributed by atoms with Crippen molar-refractivity contribution in [2.24, 2.45) is 0 Å². The molecule has 1 aromatic heterocycles. The molecular weight excluding hydrogens is 300 g/mol. The Morgan fingerprint density at radius 2 is 2.14 bits per heavy atom. The van der Waals surface area contributed by atoms with Crippen molar-refractivity contribution in [3.63, 3.8) is 0 Å². The van der Waals surface area contributed by atoms with Crippen LogP contribution in [0.25, 0.3) is 0 Å². The van der Waals surface area contributed by atoms with Gasteiger partial charge in [0.05, 0.1) is 6.20 Å². The predicted octanol–water partition coefficient (Wildman–Crippen LogP) is -0.309. The summed E-state index contributed by atoms with van der Waals surface area (Å²) in [5.41, 5.74) is -0.452. The van der Waals surface area contributed by atoms with Crippen LogP contribution >= 0.6 is 0 Å². The van der Waals surface area contributed by atoms with E-state index in [0.717, 1.165) is 12.6 Å². The fraction of sp³-hybridized carbons (Fsp3) is 0.545. The van der Waals surface area contributed by atoms with Crippen molar-refractivity contribution in [1.82, 2.24) is 20.2 Å². The first-order valence-corrected chi connectivity index (χ1v) is 7.82. The van der Waals surface area contributed by atoms with E-state index in [9.17, 15) is 18.0 Å². The van der Waals surface area contributed by atoms with E-state index in [4.69, 9.17) is 5.11 Å². The van der Waals surface area contributed by atoms with Gasteiger partial charge in [0, 0.05) is 19.0 Å². The number of hydrogen-bond donors (Lipinski definition) is 4. The highest BCUT2D eigenvalue weighted by atomic mass is 32.2. The number of nitrogens with one attached hydrogen (secondary N) is 3. The molecule has 0 aliphatic rings. The normalized spacial score (nSPS) is 12.9. The van der Waals surface area contributed by atoms with Gasteiger partial charge in [0.15, 0.2) is 5.03 Å². The van der Waals surface area contributed by atoms with Crippen molar-refractivity contribution in [3.8, 4) is 0 Å². The first-order chi connectivity index (χ1) is 9.77. The van der Waals surface area contributed by atoms with Gasteiger partial charge < -0.3 is 10.4 Å². The average Bonchev–Trinajstić information content (AvgIpc) is 2.88. The summed E-state index contributed by atoms with van der Waals surface area (Å²) in [4.78, 5) is 22.3. The topological polar surface area (TPSA) is 141 Å². The van der Waals surface area contributed by atoms with Gasteiger partial charge in [-0.2, -0.15) is 5.10 Å². The molecule has 0 saturated heterocycles. The third-order valence-corrected chi connectivity index (χ3v) is 4.20. The lowest BCUT2D eigenvalue weighted by molar-refractivity contribution is -0.121. The van der Waals surface area contributed by atoms with Crippen LogP contribution in [0.2, 0.25) is 0 Å². The van der Waals surface area contributed by atoms with Gasteiger partial charge in [-0.15, -0.1) is 0 Å². The SMILES string of the molecule is CCC(C)NC(=O)CCNS(=O)(=O)c1[nH]ncc1C(=O)O. The predicted molar refractivity (Wildman–Crippen MR) is 73.2 cm³/mol. The Morgan fingerprint density at radius 3 is 2.71 bits per heavy atom.